The number of benzene rings is 1. The highest BCUT2D eigenvalue weighted by Gasteiger charge is 2.08. The van der Waals surface area contributed by atoms with Gasteiger partial charge in [0, 0.05) is 4.47 Å². The van der Waals surface area contributed by atoms with Crippen molar-refractivity contribution < 1.29 is 4.39 Å². The van der Waals surface area contributed by atoms with Crippen molar-refractivity contribution in [2.24, 2.45) is 0 Å². The molecule has 0 bridgehead atoms. The van der Waals surface area contributed by atoms with E-state index in [1.807, 2.05) is 6.92 Å². The minimum Gasteiger partial charge on any atom is -0.381 e. The average molecular weight is 285 g/mol. The smallest absolute Gasteiger partial charge is 0.168 e. The van der Waals surface area contributed by atoms with Crippen molar-refractivity contribution in [1.82, 2.24) is 15.0 Å². The van der Waals surface area contributed by atoms with E-state index in [0.717, 1.165) is 11.3 Å². The van der Waals surface area contributed by atoms with E-state index in [0.29, 0.717) is 16.8 Å². The van der Waals surface area contributed by atoms with E-state index in [1.165, 1.54) is 12.1 Å². The third-order valence-electron chi connectivity index (χ3n) is 2.35. The number of nitrogen functional groups attached to an aromatic ring is 1. The van der Waals surface area contributed by atoms with Crippen LogP contribution in [-0.4, -0.2) is 15.0 Å². The van der Waals surface area contributed by atoms with Crippen molar-refractivity contribution in [3.05, 3.63) is 39.7 Å². The highest BCUT2D eigenvalue weighted by Crippen LogP contribution is 2.19. The zero-order valence-electron chi connectivity index (χ0n) is 8.61. The number of nitrogens with zero attached hydrogens (tertiary/aromatic N) is 3. The maximum absolute atomic E-state index is 12.9. The highest BCUT2D eigenvalue weighted by atomic mass is 79.9. The van der Waals surface area contributed by atoms with Crippen LogP contribution in [-0.2, 0) is 6.54 Å². The Balaban J connectivity index is 2.30. The van der Waals surface area contributed by atoms with Gasteiger partial charge in [0.1, 0.15) is 5.82 Å². The Hall–Kier alpha value is -1.43. The molecule has 4 nitrogen and oxygen atoms in total. The summed E-state index contributed by atoms with van der Waals surface area (Å²) in [7, 11) is 0. The van der Waals surface area contributed by atoms with E-state index in [4.69, 9.17) is 5.73 Å². The molecule has 0 aliphatic heterocycles. The quantitative estimate of drug-likeness (QED) is 0.919. The van der Waals surface area contributed by atoms with Gasteiger partial charge in [-0.3, -0.25) is 0 Å². The van der Waals surface area contributed by atoms with Gasteiger partial charge in [0.05, 0.1) is 12.2 Å². The summed E-state index contributed by atoms with van der Waals surface area (Å²) in [5.41, 5.74) is 7.32. The molecule has 0 saturated carbocycles. The molecular formula is C10H10BrFN4. The first-order valence-corrected chi connectivity index (χ1v) is 5.46. The number of rotatable bonds is 2. The van der Waals surface area contributed by atoms with Crippen LogP contribution in [0.1, 0.15) is 11.3 Å². The molecule has 6 heteroatoms. The second-order valence-electron chi connectivity index (χ2n) is 3.45. The van der Waals surface area contributed by atoms with Crippen LogP contribution < -0.4 is 5.73 Å². The maximum Gasteiger partial charge on any atom is 0.168 e. The van der Waals surface area contributed by atoms with Crippen molar-refractivity contribution >= 4 is 21.7 Å². The molecule has 2 aromatic rings. The number of aromatic nitrogens is 3. The fourth-order valence-corrected chi connectivity index (χ4v) is 1.81. The van der Waals surface area contributed by atoms with Crippen LogP contribution >= 0.6 is 15.9 Å². The van der Waals surface area contributed by atoms with E-state index < -0.39 is 0 Å². The number of halogens is 2. The SMILES string of the molecule is Cc1c(N)nnn1Cc1ccc(F)cc1Br. The van der Waals surface area contributed by atoms with Crippen LogP contribution in [0.5, 0.6) is 0 Å². The number of hydrogen-bond acceptors (Lipinski definition) is 3. The molecule has 1 aromatic carbocycles. The molecular weight excluding hydrogens is 275 g/mol. The van der Waals surface area contributed by atoms with Crippen LogP contribution in [0.2, 0.25) is 0 Å². The molecule has 0 spiro atoms. The van der Waals surface area contributed by atoms with Crippen LogP contribution in [0, 0.1) is 12.7 Å². The molecule has 0 saturated heterocycles. The maximum atomic E-state index is 12.9. The Kier molecular flexibility index (Phi) is 2.91. The van der Waals surface area contributed by atoms with Crippen molar-refractivity contribution in [3.63, 3.8) is 0 Å². The first-order valence-electron chi connectivity index (χ1n) is 4.67. The van der Waals surface area contributed by atoms with E-state index in [1.54, 1.807) is 10.7 Å². The fourth-order valence-electron chi connectivity index (χ4n) is 1.34. The fraction of sp³-hybridized carbons (Fsp3) is 0.200. The predicted molar refractivity (Wildman–Crippen MR) is 62.4 cm³/mol. The summed E-state index contributed by atoms with van der Waals surface area (Å²) in [5, 5.41) is 7.66. The minimum atomic E-state index is -0.273. The van der Waals surface area contributed by atoms with E-state index >= 15 is 0 Å². The van der Waals surface area contributed by atoms with Gasteiger partial charge in [-0.25, -0.2) is 9.07 Å². The minimum absolute atomic E-state index is 0.273. The lowest BCUT2D eigenvalue weighted by Crippen LogP contribution is -2.05. The summed E-state index contributed by atoms with van der Waals surface area (Å²) in [6.07, 6.45) is 0. The molecule has 84 valence electrons. The van der Waals surface area contributed by atoms with Crippen molar-refractivity contribution in [3.8, 4) is 0 Å². The summed E-state index contributed by atoms with van der Waals surface area (Å²) in [5.74, 6) is 0.142. The van der Waals surface area contributed by atoms with Crippen LogP contribution in [0.3, 0.4) is 0 Å². The van der Waals surface area contributed by atoms with Gasteiger partial charge in [-0.15, -0.1) is 5.10 Å². The lowest BCUT2D eigenvalue weighted by Gasteiger charge is -2.05. The predicted octanol–water partition coefficient (Wildman–Crippen LogP) is 2.12. The second kappa shape index (κ2) is 4.21. The molecule has 0 amide bonds. The van der Waals surface area contributed by atoms with E-state index in [-0.39, 0.29) is 5.82 Å². The monoisotopic (exact) mass is 284 g/mol. The van der Waals surface area contributed by atoms with Gasteiger partial charge in [-0.2, -0.15) is 0 Å². The summed E-state index contributed by atoms with van der Waals surface area (Å²) in [6, 6.07) is 4.54. The first-order chi connectivity index (χ1) is 7.58. The van der Waals surface area contributed by atoms with Gasteiger partial charge in [-0.1, -0.05) is 27.2 Å². The van der Waals surface area contributed by atoms with Gasteiger partial charge in [0.25, 0.3) is 0 Å². The van der Waals surface area contributed by atoms with Crippen molar-refractivity contribution in [2.45, 2.75) is 13.5 Å². The van der Waals surface area contributed by atoms with Gasteiger partial charge in [-0.05, 0) is 24.6 Å². The molecule has 0 aliphatic rings. The molecule has 0 atom stereocenters. The number of hydrogen-bond donors (Lipinski definition) is 1. The van der Waals surface area contributed by atoms with Crippen LogP contribution in [0.4, 0.5) is 10.2 Å². The van der Waals surface area contributed by atoms with Crippen LogP contribution in [0.25, 0.3) is 0 Å². The average Bonchev–Trinajstić information content (AvgIpc) is 2.54. The van der Waals surface area contributed by atoms with Crippen molar-refractivity contribution in [1.29, 1.82) is 0 Å². The Morgan fingerprint density at radius 1 is 1.50 bits per heavy atom. The molecule has 1 heterocycles. The summed E-state index contributed by atoms with van der Waals surface area (Å²) >= 11 is 3.30. The Morgan fingerprint density at radius 2 is 2.25 bits per heavy atom. The topological polar surface area (TPSA) is 56.7 Å². The second-order valence-corrected chi connectivity index (χ2v) is 4.31. The summed E-state index contributed by atoms with van der Waals surface area (Å²) < 4.78 is 15.3. The lowest BCUT2D eigenvalue weighted by molar-refractivity contribution is 0.615. The standard InChI is InChI=1S/C10H10BrFN4/c1-6-10(13)14-15-16(6)5-7-2-3-8(12)4-9(7)11/h2-4H,5,13H2,1H3. The number of anilines is 1. The highest BCUT2D eigenvalue weighted by molar-refractivity contribution is 9.10. The van der Waals surface area contributed by atoms with Gasteiger partial charge >= 0.3 is 0 Å². The largest absolute Gasteiger partial charge is 0.381 e. The molecule has 0 unspecified atom stereocenters. The van der Waals surface area contributed by atoms with E-state index in [9.17, 15) is 4.39 Å². The van der Waals surface area contributed by atoms with Gasteiger partial charge in [0.15, 0.2) is 5.82 Å². The van der Waals surface area contributed by atoms with Crippen LogP contribution in [0.15, 0.2) is 22.7 Å². The Labute approximate surface area is 100 Å². The zero-order chi connectivity index (χ0) is 11.7. The Morgan fingerprint density at radius 3 is 2.81 bits per heavy atom. The molecule has 1 aromatic heterocycles. The summed E-state index contributed by atoms with van der Waals surface area (Å²) in [6.45, 7) is 2.35. The van der Waals surface area contributed by atoms with E-state index in [2.05, 4.69) is 26.2 Å². The van der Waals surface area contributed by atoms with Gasteiger partial charge in [0.2, 0.25) is 0 Å². The number of nitrogens with two attached hydrogens (primary N) is 1. The summed E-state index contributed by atoms with van der Waals surface area (Å²) in [4.78, 5) is 0. The lowest BCUT2D eigenvalue weighted by atomic mass is 10.2. The molecule has 2 N–H and O–H groups in total. The van der Waals surface area contributed by atoms with Gasteiger partial charge < -0.3 is 5.73 Å². The molecule has 0 radical (unpaired) electrons. The normalized spacial score (nSPS) is 10.7. The molecule has 0 fully saturated rings. The Bertz CT molecular complexity index is 524. The van der Waals surface area contributed by atoms with Crippen molar-refractivity contribution in [2.75, 3.05) is 5.73 Å². The molecule has 2 rings (SSSR count). The third kappa shape index (κ3) is 2.06. The zero-order valence-corrected chi connectivity index (χ0v) is 10.2. The first kappa shape index (κ1) is 11.1. The molecule has 0 aliphatic carbocycles. The molecule has 16 heavy (non-hydrogen) atoms. The third-order valence-corrected chi connectivity index (χ3v) is 3.09.